The molecule has 0 saturated heterocycles. The van der Waals surface area contributed by atoms with Crippen molar-refractivity contribution in [2.75, 3.05) is 6.26 Å². The molecule has 0 amide bonds. The van der Waals surface area contributed by atoms with Crippen LogP contribution in [0.15, 0.2) is 46.9 Å². The minimum Gasteiger partial charge on any atom is -0.138 e. The first-order chi connectivity index (χ1) is 11.8. The second kappa shape index (κ2) is 9.13. The summed E-state index contributed by atoms with van der Waals surface area (Å²) in [4.78, 5) is 0. The van der Waals surface area contributed by atoms with Gasteiger partial charge < -0.3 is 0 Å². The Bertz CT molecular complexity index is 506. The lowest BCUT2D eigenvalue weighted by molar-refractivity contribution is 0.329. The van der Waals surface area contributed by atoms with E-state index in [-0.39, 0.29) is 0 Å². The maximum Gasteiger partial charge on any atom is -0.0142 e. The van der Waals surface area contributed by atoms with E-state index < -0.39 is 0 Å². The first-order valence-electron chi connectivity index (χ1n) is 10.1. The maximum atomic E-state index is 4.22. The highest BCUT2D eigenvalue weighted by atomic mass is 32.2. The van der Waals surface area contributed by atoms with Gasteiger partial charge in [0.1, 0.15) is 0 Å². The molecular formula is C23H34S. The van der Waals surface area contributed by atoms with Crippen LogP contribution >= 0.6 is 11.8 Å². The summed E-state index contributed by atoms with van der Waals surface area (Å²) in [5, 5.41) is 2.13. The summed E-state index contributed by atoms with van der Waals surface area (Å²) < 4.78 is 0. The molecule has 0 unspecified atom stereocenters. The van der Waals surface area contributed by atoms with Gasteiger partial charge in [-0.3, -0.25) is 0 Å². The number of hydrogen-bond acceptors (Lipinski definition) is 1. The van der Waals surface area contributed by atoms with Crippen molar-refractivity contribution in [2.24, 2.45) is 17.8 Å². The van der Waals surface area contributed by atoms with Crippen molar-refractivity contribution in [3.63, 3.8) is 0 Å². The van der Waals surface area contributed by atoms with Crippen molar-refractivity contribution in [1.82, 2.24) is 0 Å². The number of hydrogen-bond donors (Lipinski definition) is 0. The molecule has 3 rings (SSSR count). The van der Waals surface area contributed by atoms with Crippen molar-refractivity contribution >= 4 is 11.8 Å². The van der Waals surface area contributed by atoms with E-state index in [2.05, 4.69) is 36.5 Å². The Morgan fingerprint density at radius 2 is 1.29 bits per heavy atom. The van der Waals surface area contributed by atoms with Crippen LogP contribution in [0, 0.1) is 17.8 Å². The average molecular weight is 343 g/mol. The monoisotopic (exact) mass is 342 g/mol. The standard InChI is InChI=1S/C23H34S/c1-18(16-17-24-2)14-15-22(19-8-3-4-9-19)23(21-12-7-13-21)20-10-5-6-11-20/h14-17,19-21H,1,3-13H2,2H3/b15-14-,17-16-,23-22+. The van der Waals surface area contributed by atoms with Crippen molar-refractivity contribution in [1.29, 1.82) is 0 Å². The van der Waals surface area contributed by atoms with Crippen LogP contribution in [0.1, 0.15) is 70.6 Å². The van der Waals surface area contributed by atoms with Crippen LogP contribution in [0.5, 0.6) is 0 Å². The molecular weight excluding hydrogens is 308 g/mol. The summed E-state index contributed by atoms with van der Waals surface area (Å²) in [6.07, 6.45) is 24.8. The Morgan fingerprint density at radius 3 is 1.79 bits per heavy atom. The van der Waals surface area contributed by atoms with Crippen LogP contribution in [0.4, 0.5) is 0 Å². The van der Waals surface area contributed by atoms with E-state index in [0.29, 0.717) is 0 Å². The van der Waals surface area contributed by atoms with Gasteiger partial charge in [0, 0.05) is 0 Å². The van der Waals surface area contributed by atoms with E-state index in [1.165, 1.54) is 70.6 Å². The predicted molar refractivity (Wildman–Crippen MR) is 109 cm³/mol. The van der Waals surface area contributed by atoms with Gasteiger partial charge in [0.25, 0.3) is 0 Å². The highest BCUT2D eigenvalue weighted by molar-refractivity contribution is 8.01. The van der Waals surface area contributed by atoms with Crippen LogP contribution in [-0.4, -0.2) is 6.26 Å². The largest absolute Gasteiger partial charge is 0.138 e. The molecule has 0 atom stereocenters. The lowest BCUT2D eigenvalue weighted by Crippen LogP contribution is -2.22. The smallest absolute Gasteiger partial charge is 0.0142 e. The van der Waals surface area contributed by atoms with Gasteiger partial charge in [-0.2, -0.15) is 0 Å². The van der Waals surface area contributed by atoms with E-state index in [9.17, 15) is 0 Å². The van der Waals surface area contributed by atoms with Gasteiger partial charge in [0.2, 0.25) is 0 Å². The summed E-state index contributed by atoms with van der Waals surface area (Å²) in [6.45, 7) is 4.22. The summed E-state index contributed by atoms with van der Waals surface area (Å²) in [6, 6.07) is 0. The predicted octanol–water partition coefficient (Wildman–Crippen LogP) is 7.45. The van der Waals surface area contributed by atoms with Crippen LogP contribution in [0.2, 0.25) is 0 Å². The molecule has 0 nitrogen and oxygen atoms in total. The Labute approximate surface area is 153 Å². The Morgan fingerprint density at radius 1 is 0.750 bits per heavy atom. The van der Waals surface area contributed by atoms with Crippen LogP contribution in [-0.2, 0) is 0 Å². The van der Waals surface area contributed by atoms with E-state index in [1.807, 2.05) is 5.57 Å². The summed E-state index contributed by atoms with van der Waals surface area (Å²) >= 11 is 1.75. The van der Waals surface area contributed by atoms with Gasteiger partial charge in [-0.05, 0) is 85.2 Å². The van der Waals surface area contributed by atoms with Crippen LogP contribution < -0.4 is 0 Å². The lowest BCUT2D eigenvalue weighted by atomic mass is 9.70. The van der Waals surface area contributed by atoms with E-state index in [0.717, 1.165) is 23.3 Å². The SMILES string of the molecule is C=C(/C=C\SC)/C=C\C(=C(\C1CCCC1)C1CCC1)C1CCCC1. The number of allylic oxidation sites excluding steroid dienone is 6. The minimum atomic E-state index is 0.828. The molecule has 1 heteroatoms. The molecule has 0 heterocycles. The molecule has 0 aromatic carbocycles. The molecule has 3 saturated carbocycles. The molecule has 0 bridgehead atoms. The molecule has 0 aromatic heterocycles. The number of thioether (sulfide) groups is 1. The molecule has 3 aliphatic rings. The van der Waals surface area contributed by atoms with E-state index in [1.54, 1.807) is 17.3 Å². The summed E-state index contributed by atoms with van der Waals surface area (Å²) in [7, 11) is 0. The topological polar surface area (TPSA) is 0 Å². The second-order valence-corrected chi connectivity index (χ2v) is 8.69. The van der Waals surface area contributed by atoms with Crippen molar-refractivity contribution in [3.05, 3.63) is 46.9 Å². The zero-order chi connectivity index (χ0) is 16.8. The van der Waals surface area contributed by atoms with Crippen LogP contribution in [0.25, 0.3) is 0 Å². The summed E-state index contributed by atoms with van der Waals surface area (Å²) in [5.41, 5.74) is 4.77. The minimum absolute atomic E-state index is 0.828. The first-order valence-corrected chi connectivity index (χ1v) is 11.4. The van der Waals surface area contributed by atoms with Gasteiger partial charge in [-0.25, -0.2) is 0 Å². The molecule has 24 heavy (non-hydrogen) atoms. The molecule has 0 aromatic rings. The number of rotatable bonds is 7. The third-order valence-electron chi connectivity index (χ3n) is 6.36. The van der Waals surface area contributed by atoms with E-state index in [4.69, 9.17) is 0 Å². The van der Waals surface area contributed by atoms with Gasteiger partial charge in [-0.1, -0.05) is 56.4 Å². The molecule has 0 aliphatic heterocycles. The van der Waals surface area contributed by atoms with Crippen molar-refractivity contribution in [2.45, 2.75) is 70.6 Å². The Hall–Kier alpha value is -0.690. The quantitative estimate of drug-likeness (QED) is 0.433. The van der Waals surface area contributed by atoms with Gasteiger partial charge >= 0.3 is 0 Å². The molecule has 0 N–H and O–H groups in total. The van der Waals surface area contributed by atoms with Crippen molar-refractivity contribution in [3.8, 4) is 0 Å². The van der Waals surface area contributed by atoms with Gasteiger partial charge in [0.05, 0.1) is 0 Å². The fraction of sp³-hybridized carbons (Fsp3) is 0.652. The van der Waals surface area contributed by atoms with Crippen molar-refractivity contribution < 1.29 is 0 Å². The maximum absolute atomic E-state index is 4.22. The molecule has 0 spiro atoms. The van der Waals surface area contributed by atoms with Gasteiger partial charge in [-0.15, -0.1) is 11.8 Å². The van der Waals surface area contributed by atoms with Crippen LogP contribution in [0.3, 0.4) is 0 Å². The normalized spacial score (nSPS) is 24.9. The fourth-order valence-corrected chi connectivity index (χ4v) is 5.18. The summed E-state index contributed by atoms with van der Waals surface area (Å²) in [5.74, 6) is 2.63. The first kappa shape index (κ1) is 18.1. The fourth-order valence-electron chi connectivity index (χ4n) is 4.87. The Kier molecular flexibility index (Phi) is 6.89. The zero-order valence-electron chi connectivity index (χ0n) is 15.4. The molecule has 0 radical (unpaired) electrons. The van der Waals surface area contributed by atoms with E-state index >= 15 is 0 Å². The lowest BCUT2D eigenvalue weighted by Gasteiger charge is -2.35. The third-order valence-corrected chi connectivity index (χ3v) is 6.77. The second-order valence-electron chi connectivity index (χ2n) is 7.95. The highest BCUT2D eigenvalue weighted by Gasteiger charge is 2.33. The molecule has 3 aliphatic carbocycles. The molecule has 132 valence electrons. The van der Waals surface area contributed by atoms with Gasteiger partial charge in [0.15, 0.2) is 0 Å². The highest BCUT2D eigenvalue weighted by Crippen LogP contribution is 2.47. The zero-order valence-corrected chi connectivity index (χ0v) is 16.3. The Balaban J connectivity index is 1.89. The average Bonchev–Trinajstić information content (AvgIpc) is 3.23. The molecule has 3 fully saturated rings. The third kappa shape index (κ3) is 4.48.